The van der Waals surface area contributed by atoms with Gasteiger partial charge in [0.1, 0.15) is 0 Å². The summed E-state index contributed by atoms with van der Waals surface area (Å²) in [6.45, 7) is 0. The molecule has 13 heteroatoms. The average molecular weight is 303 g/mol. The zero-order valence-corrected chi connectivity index (χ0v) is 11.5. The molecule has 86 valence electrons. The molecule has 4 nitrogen and oxygen atoms in total. The summed E-state index contributed by atoms with van der Waals surface area (Å²) < 4.78 is 99.1. The number of hydrogen-bond acceptors (Lipinski definition) is 3. The van der Waals surface area contributed by atoms with E-state index in [4.69, 9.17) is 0 Å². The summed E-state index contributed by atoms with van der Waals surface area (Å²) in [6.07, 6.45) is 0. The van der Waals surface area contributed by atoms with Gasteiger partial charge in [-0.3, -0.25) is 4.21 Å². The van der Waals surface area contributed by atoms with Crippen molar-refractivity contribution in [1.29, 1.82) is 0 Å². The van der Waals surface area contributed by atoms with Crippen molar-refractivity contribution >= 4 is 21.0 Å². The molecule has 0 bridgehead atoms. The molecule has 0 amide bonds. The first kappa shape index (κ1) is 18.6. The van der Waals surface area contributed by atoms with Crippen molar-refractivity contribution in [1.82, 2.24) is 0 Å². The molecule has 0 heterocycles. The Morgan fingerprint density at radius 3 is 1.53 bits per heavy atom. The van der Waals surface area contributed by atoms with E-state index in [0.29, 0.717) is 0 Å². The first-order valence-corrected chi connectivity index (χ1v) is 4.95. The number of nitrogens with zero attached hydrogens (tertiary/aromatic N) is 1. The van der Waals surface area contributed by atoms with Crippen LogP contribution in [0, 0.1) is 0 Å². The predicted molar refractivity (Wildman–Crippen MR) is 32.5 cm³/mol. The van der Waals surface area contributed by atoms with Crippen LogP contribution in [0.5, 0.6) is 0 Å². The van der Waals surface area contributed by atoms with Gasteiger partial charge in [0.2, 0.25) is 0 Å². The summed E-state index contributed by atoms with van der Waals surface area (Å²) in [5, 5.41) is 0. The summed E-state index contributed by atoms with van der Waals surface area (Å²) in [5.41, 5.74) is -11.6. The van der Waals surface area contributed by atoms with Crippen molar-refractivity contribution in [2.45, 2.75) is 11.0 Å². The molecule has 0 spiro atoms. The molecular formula is C2F6KNO3S2. The van der Waals surface area contributed by atoms with E-state index >= 15 is 0 Å². The molecule has 0 saturated heterocycles. The quantitative estimate of drug-likeness (QED) is 0.456. The summed E-state index contributed by atoms with van der Waals surface area (Å²) in [4.78, 5) is 0. The Morgan fingerprint density at radius 1 is 1.00 bits per heavy atom. The van der Waals surface area contributed by atoms with Crippen LogP contribution in [-0.4, -0.2) is 23.6 Å². The zero-order valence-electron chi connectivity index (χ0n) is 6.76. The summed E-state index contributed by atoms with van der Waals surface area (Å²) in [7, 11) is -10.8. The van der Waals surface area contributed by atoms with Gasteiger partial charge < -0.3 is 4.13 Å². The number of sulfonamides is 1. The van der Waals surface area contributed by atoms with Gasteiger partial charge in [0, 0.05) is 11.0 Å². The Morgan fingerprint density at radius 2 is 1.33 bits per heavy atom. The maximum Gasteiger partial charge on any atom is 1.00 e. The van der Waals surface area contributed by atoms with E-state index in [1.165, 1.54) is 0 Å². The molecule has 1 atom stereocenters. The smallest absolute Gasteiger partial charge is 0.448 e. The molecular weight excluding hydrogens is 303 g/mol. The van der Waals surface area contributed by atoms with Crippen LogP contribution in [0.15, 0.2) is 0 Å². The third kappa shape index (κ3) is 5.95. The van der Waals surface area contributed by atoms with E-state index in [2.05, 4.69) is 0 Å². The van der Waals surface area contributed by atoms with Crippen LogP contribution < -0.4 is 51.4 Å². The van der Waals surface area contributed by atoms with E-state index in [0.717, 1.165) is 4.13 Å². The first-order chi connectivity index (χ1) is 5.88. The summed E-state index contributed by atoms with van der Waals surface area (Å²) in [6, 6.07) is 0. The molecule has 0 radical (unpaired) electrons. The van der Waals surface area contributed by atoms with E-state index in [1.54, 1.807) is 0 Å². The standard InChI is InChI=1S/C2F6NO3S2.K/c3-1(4,5)13(10)9-14(11,12)2(6,7)8;/q-1;+1. The average Bonchev–Trinajstić information content (AvgIpc) is 1.80. The van der Waals surface area contributed by atoms with Crippen molar-refractivity contribution in [2.75, 3.05) is 0 Å². The number of rotatable bonds is 2. The molecule has 0 rings (SSSR count). The largest absolute Gasteiger partial charge is 1.00 e. The fourth-order valence-electron chi connectivity index (χ4n) is 0.174. The normalized spacial score (nSPS) is 15.6. The summed E-state index contributed by atoms with van der Waals surface area (Å²) in [5.74, 6) is 0. The Labute approximate surface area is 125 Å². The molecule has 0 aliphatic heterocycles. The van der Waals surface area contributed by atoms with Gasteiger partial charge in [-0.05, 0) is 0 Å². The third-order valence-corrected chi connectivity index (χ3v) is 2.96. The molecule has 0 fully saturated rings. The second kappa shape index (κ2) is 5.75. The molecule has 0 saturated carbocycles. The zero-order chi connectivity index (χ0) is 11.8. The van der Waals surface area contributed by atoms with Crippen LogP contribution >= 0.6 is 0 Å². The molecule has 0 N–H and O–H groups in total. The maximum absolute atomic E-state index is 11.4. The second-order valence-corrected chi connectivity index (χ2v) is 4.66. The van der Waals surface area contributed by atoms with Gasteiger partial charge in [-0.2, -0.15) is 26.3 Å². The van der Waals surface area contributed by atoms with Gasteiger partial charge in [0.25, 0.3) is 0 Å². The number of alkyl halides is 6. The monoisotopic (exact) mass is 303 g/mol. The fraction of sp³-hybridized carbons (Fsp3) is 1.00. The molecule has 0 aromatic heterocycles. The molecule has 0 aliphatic carbocycles. The van der Waals surface area contributed by atoms with Crippen molar-refractivity contribution in [3.8, 4) is 0 Å². The molecule has 15 heavy (non-hydrogen) atoms. The fourth-order valence-corrected chi connectivity index (χ4v) is 1.56. The molecule has 1 unspecified atom stereocenters. The SMILES string of the molecule is O=S([N-]S(=O)(=O)C(F)(F)F)C(F)(F)F.[K+]. The van der Waals surface area contributed by atoms with Crippen LogP contribution in [0.4, 0.5) is 26.3 Å². The van der Waals surface area contributed by atoms with Gasteiger partial charge in [0.05, 0.1) is 0 Å². The van der Waals surface area contributed by atoms with Gasteiger partial charge in [-0.15, -0.1) is 0 Å². The van der Waals surface area contributed by atoms with Gasteiger partial charge in [-0.25, -0.2) is 8.42 Å². The Kier molecular flexibility index (Phi) is 7.14. The van der Waals surface area contributed by atoms with Crippen LogP contribution in [0.3, 0.4) is 0 Å². The maximum atomic E-state index is 11.4. The minimum Gasteiger partial charge on any atom is -0.448 e. The van der Waals surface area contributed by atoms with Crippen LogP contribution in [0.25, 0.3) is 4.13 Å². The predicted octanol–water partition coefficient (Wildman–Crippen LogP) is -1.60. The van der Waals surface area contributed by atoms with Crippen molar-refractivity contribution in [3.63, 3.8) is 0 Å². The van der Waals surface area contributed by atoms with E-state index < -0.39 is 32.0 Å². The third-order valence-electron chi connectivity index (χ3n) is 0.656. The van der Waals surface area contributed by atoms with Crippen LogP contribution in [0.2, 0.25) is 0 Å². The van der Waals surface area contributed by atoms with Gasteiger partial charge >= 0.3 is 62.4 Å². The van der Waals surface area contributed by atoms with Crippen LogP contribution in [0.1, 0.15) is 0 Å². The van der Waals surface area contributed by atoms with Crippen molar-refractivity contribution in [3.05, 3.63) is 4.13 Å². The van der Waals surface area contributed by atoms with Gasteiger partial charge in [-0.1, -0.05) is 0 Å². The molecule has 0 aromatic carbocycles. The van der Waals surface area contributed by atoms with Crippen molar-refractivity contribution in [2.24, 2.45) is 0 Å². The Bertz CT molecular complexity index is 331. The Balaban J connectivity index is 0. The second-order valence-electron chi connectivity index (χ2n) is 1.69. The minimum atomic E-state index is -6.38. The van der Waals surface area contributed by atoms with Crippen molar-refractivity contribution < 1.29 is 90.4 Å². The van der Waals surface area contributed by atoms with E-state index in [1.807, 2.05) is 0 Å². The molecule has 0 aliphatic rings. The Hall–Kier alpha value is 1.28. The van der Waals surface area contributed by atoms with E-state index in [9.17, 15) is 39.0 Å². The molecule has 0 aromatic rings. The van der Waals surface area contributed by atoms with Gasteiger partial charge in [0.15, 0.2) is 10.0 Å². The topological polar surface area (TPSA) is 65.3 Å². The number of halogens is 6. The van der Waals surface area contributed by atoms with Crippen LogP contribution in [-0.2, 0) is 21.0 Å². The summed E-state index contributed by atoms with van der Waals surface area (Å²) >= 11 is 0. The number of hydrogen-bond donors (Lipinski definition) is 0. The van der Waals surface area contributed by atoms with E-state index in [-0.39, 0.29) is 51.4 Å². The minimum absolute atomic E-state index is 0. The first-order valence-electron chi connectivity index (χ1n) is 2.41.